The number of nitrogens with one attached hydrogen (secondary N) is 1. The average molecular weight is 469 g/mol. The molecule has 0 radical (unpaired) electrons. The van der Waals surface area contributed by atoms with Gasteiger partial charge in [-0.2, -0.15) is 0 Å². The third kappa shape index (κ3) is 6.02. The number of benzene rings is 3. The number of methoxy groups -OCH3 is 1. The molecule has 0 unspecified atom stereocenters. The average Bonchev–Trinajstić information content (AvgIpc) is 3.31. The number of hydrogen-bond donors (Lipinski definition) is 1. The molecule has 0 aliphatic heterocycles. The highest BCUT2D eigenvalue weighted by molar-refractivity contribution is 5.99. The Morgan fingerprint density at radius 3 is 2.37 bits per heavy atom. The van der Waals surface area contributed by atoms with Gasteiger partial charge < -0.3 is 9.64 Å². The molecule has 4 rings (SSSR count). The summed E-state index contributed by atoms with van der Waals surface area (Å²) < 4.78 is 7.01. The molecule has 3 aromatic carbocycles. The molecule has 2 amide bonds. The number of carbonyl (C=O) groups excluding carboxylic acids is 2. The Bertz CT molecular complexity index is 1290. The zero-order valence-corrected chi connectivity index (χ0v) is 19.8. The van der Waals surface area contributed by atoms with Gasteiger partial charge in [0.15, 0.2) is 0 Å². The Kier molecular flexibility index (Phi) is 7.70. The van der Waals surface area contributed by atoms with Gasteiger partial charge in [0, 0.05) is 36.7 Å². The van der Waals surface area contributed by atoms with E-state index in [0.29, 0.717) is 24.7 Å². The molecule has 0 bridgehead atoms. The van der Waals surface area contributed by atoms with Crippen LogP contribution >= 0.6 is 0 Å². The van der Waals surface area contributed by atoms with Crippen molar-refractivity contribution in [1.82, 2.24) is 14.5 Å². The molecule has 0 saturated carbocycles. The number of imidazole rings is 1. The number of rotatable bonds is 9. The van der Waals surface area contributed by atoms with Gasteiger partial charge in [0.1, 0.15) is 6.54 Å². The first-order valence-corrected chi connectivity index (χ1v) is 11.4. The lowest BCUT2D eigenvalue weighted by molar-refractivity contribution is -0.117. The molecular weight excluding hydrogens is 440 g/mol. The molecule has 1 aromatic heterocycles. The standard InChI is InChI=1S/C28H28N4O3/c1-21-10-9-15-24(18-21)32-19-25(22-11-5-3-6-12-22)29-28(32)30-26(33)20-31(16-17-35-2)27(34)23-13-7-4-8-14-23/h3-15,18-19H,16-17,20H2,1-2H3,(H,29,30,33). The van der Waals surface area contributed by atoms with E-state index in [2.05, 4.69) is 5.32 Å². The van der Waals surface area contributed by atoms with Gasteiger partial charge >= 0.3 is 0 Å². The van der Waals surface area contributed by atoms with Crippen LogP contribution in [0.4, 0.5) is 5.95 Å². The first kappa shape index (κ1) is 23.9. The first-order chi connectivity index (χ1) is 17.0. The maximum Gasteiger partial charge on any atom is 0.254 e. The quantitative estimate of drug-likeness (QED) is 0.390. The van der Waals surface area contributed by atoms with Gasteiger partial charge in [0.25, 0.3) is 5.91 Å². The number of carbonyl (C=O) groups is 2. The number of hydrogen-bond acceptors (Lipinski definition) is 4. The summed E-state index contributed by atoms with van der Waals surface area (Å²) in [5, 5.41) is 2.91. The topological polar surface area (TPSA) is 76.5 Å². The smallest absolute Gasteiger partial charge is 0.254 e. The van der Waals surface area contributed by atoms with Crippen LogP contribution in [0, 0.1) is 6.92 Å². The van der Waals surface area contributed by atoms with Crippen molar-refractivity contribution in [3.8, 4) is 16.9 Å². The molecule has 7 heteroatoms. The van der Waals surface area contributed by atoms with Crippen LogP contribution < -0.4 is 5.32 Å². The monoisotopic (exact) mass is 468 g/mol. The Morgan fingerprint density at radius 2 is 1.69 bits per heavy atom. The van der Waals surface area contributed by atoms with Crippen LogP contribution in [0.2, 0.25) is 0 Å². The maximum atomic E-state index is 13.1. The summed E-state index contributed by atoms with van der Waals surface area (Å²) in [5.74, 6) is -0.187. The van der Waals surface area contributed by atoms with Gasteiger partial charge in [-0.05, 0) is 36.8 Å². The highest BCUT2D eigenvalue weighted by atomic mass is 16.5. The number of nitrogens with zero attached hydrogens (tertiary/aromatic N) is 3. The second kappa shape index (κ2) is 11.3. The molecule has 35 heavy (non-hydrogen) atoms. The third-order valence-electron chi connectivity index (χ3n) is 5.51. The molecule has 7 nitrogen and oxygen atoms in total. The van der Waals surface area contributed by atoms with Crippen molar-refractivity contribution in [3.05, 3.63) is 102 Å². The van der Waals surface area contributed by atoms with Crippen molar-refractivity contribution in [1.29, 1.82) is 0 Å². The molecule has 178 valence electrons. The van der Waals surface area contributed by atoms with Crippen molar-refractivity contribution in [3.63, 3.8) is 0 Å². The van der Waals surface area contributed by atoms with E-state index in [-0.39, 0.29) is 18.4 Å². The Morgan fingerprint density at radius 1 is 0.971 bits per heavy atom. The van der Waals surface area contributed by atoms with E-state index >= 15 is 0 Å². The molecule has 0 aliphatic carbocycles. The number of aromatic nitrogens is 2. The number of anilines is 1. The number of amides is 2. The fraction of sp³-hybridized carbons (Fsp3) is 0.179. The van der Waals surface area contributed by atoms with E-state index < -0.39 is 0 Å². The molecule has 1 heterocycles. The van der Waals surface area contributed by atoms with Gasteiger partial charge in [-0.1, -0.05) is 60.7 Å². The Hall–Kier alpha value is -4.23. The molecule has 0 aliphatic rings. The molecule has 0 atom stereocenters. The highest BCUT2D eigenvalue weighted by Crippen LogP contribution is 2.24. The summed E-state index contributed by atoms with van der Waals surface area (Å²) in [7, 11) is 1.56. The summed E-state index contributed by atoms with van der Waals surface area (Å²) in [6, 6.07) is 26.6. The molecule has 4 aromatic rings. The first-order valence-electron chi connectivity index (χ1n) is 11.4. The molecule has 0 spiro atoms. The second-order valence-corrected chi connectivity index (χ2v) is 8.16. The Labute approximate surface area is 205 Å². The summed E-state index contributed by atoms with van der Waals surface area (Å²) >= 11 is 0. The minimum Gasteiger partial charge on any atom is -0.383 e. The Balaban J connectivity index is 1.60. The van der Waals surface area contributed by atoms with E-state index in [1.165, 1.54) is 4.90 Å². The number of aryl methyl sites for hydroxylation is 1. The van der Waals surface area contributed by atoms with Crippen molar-refractivity contribution >= 4 is 17.8 Å². The zero-order chi connectivity index (χ0) is 24.6. The molecule has 1 N–H and O–H groups in total. The van der Waals surface area contributed by atoms with Gasteiger partial charge in [-0.3, -0.25) is 19.5 Å². The van der Waals surface area contributed by atoms with Crippen LogP contribution in [0.5, 0.6) is 0 Å². The molecular formula is C28H28N4O3. The van der Waals surface area contributed by atoms with E-state index in [0.717, 1.165) is 22.5 Å². The maximum absolute atomic E-state index is 13.1. The van der Waals surface area contributed by atoms with E-state index in [4.69, 9.17) is 9.72 Å². The van der Waals surface area contributed by atoms with Crippen LogP contribution in [0.3, 0.4) is 0 Å². The lowest BCUT2D eigenvalue weighted by Crippen LogP contribution is -2.40. The predicted octanol–water partition coefficient (Wildman–Crippen LogP) is 4.58. The molecule has 0 fully saturated rings. The lowest BCUT2D eigenvalue weighted by atomic mass is 10.2. The van der Waals surface area contributed by atoms with Crippen molar-refractivity contribution < 1.29 is 14.3 Å². The lowest BCUT2D eigenvalue weighted by Gasteiger charge is -2.22. The minimum absolute atomic E-state index is 0.127. The van der Waals surface area contributed by atoms with E-state index in [1.54, 1.807) is 31.4 Å². The van der Waals surface area contributed by atoms with E-state index in [9.17, 15) is 9.59 Å². The SMILES string of the molecule is COCCN(CC(=O)Nc1nc(-c2ccccc2)cn1-c1cccc(C)c1)C(=O)c1ccccc1. The fourth-order valence-electron chi connectivity index (χ4n) is 3.75. The van der Waals surface area contributed by atoms with Crippen LogP contribution in [0.15, 0.2) is 91.1 Å². The highest BCUT2D eigenvalue weighted by Gasteiger charge is 2.20. The normalized spacial score (nSPS) is 10.7. The zero-order valence-electron chi connectivity index (χ0n) is 19.8. The second-order valence-electron chi connectivity index (χ2n) is 8.16. The largest absolute Gasteiger partial charge is 0.383 e. The third-order valence-corrected chi connectivity index (χ3v) is 5.51. The molecule has 0 saturated heterocycles. The fourth-order valence-corrected chi connectivity index (χ4v) is 3.75. The van der Waals surface area contributed by atoms with Crippen LogP contribution in [0.1, 0.15) is 15.9 Å². The van der Waals surface area contributed by atoms with Gasteiger partial charge in [0.2, 0.25) is 11.9 Å². The van der Waals surface area contributed by atoms with E-state index in [1.807, 2.05) is 78.4 Å². The van der Waals surface area contributed by atoms with Gasteiger partial charge in [-0.25, -0.2) is 4.98 Å². The number of ether oxygens (including phenoxy) is 1. The van der Waals surface area contributed by atoms with Gasteiger partial charge in [0.05, 0.1) is 12.3 Å². The predicted molar refractivity (Wildman–Crippen MR) is 137 cm³/mol. The van der Waals surface area contributed by atoms with Crippen molar-refractivity contribution in [2.45, 2.75) is 6.92 Å². The van der Waals surface area contributed by atoms with Gasteiger partial charge in [-0.15, -0.1) is 0 Å². The summed E-state index contributed by atoms with van der Waals surface area (Å²) in [4.78, 5) is 32.3. The van der Waals surface area contributed by atoms with Crippen LogP contribution in [-0.4, -0.2) is 53.1 Å². The summed E-state index contributed by atoms with van der Waals surface area (Å²) in [5.41, 5.74) is 4.17. The summed E-state index contributed by atoms with van der Waals surface area (Å²) in [6.45, 7) is 2.50. The summed E-state index contributed by atoms with van der Waals surface area (Å²) in [6.07, 6.45) is 1.90. The minimum atomic E-state index is -0.343. The van der Waals surface area contributed by atoms with Crippen molar-refractivity contribution in [2.75, 3.05) is 32.1 Å². The van der Waals surface area contributed by atoms with Crippen molar-refractivity contribution in [2.24, 2.45) is 0 Å². The van der Waals surface area contributed by atoms with Crippen LogP contribution in [-0.2, 0) is 9.53 Å². The van der Waals surface area contributed by atoms with Crippen LogP contribution in [0.25, 0.3) is 16.9 Å².